The first-order valence-electron chi connectivity index (χ1n) is 6.12. The van der Waals surface area contributed by atoms with Gasteiger partial charge in [-0.25, -0.2) is 0 Å². The zero-order valence-electron chi connectivity index (χ0n) is 10.9. The summed E-state index contributed by atoms with van der Waals surface area (Å²) in [6.07, 6.45) is 1.50. The van der Waals surface area contributed by atoms with Gasteiger partial charge in [-0.1, -0.05) is 0 Å². The number of benzene rings is 1. The predicted molar refractivity (Wildman–Crippen MR) is 83.8 cm³/mol. The molecule has 22 heavy (non-hydrogen) atoms. The highest BCUT2D eigenvalue weighted by Crippen LogP contribution is 2.33. The van der Waals surface area contributed by atoms with Gasteiger partial charge in [0.1, 0.15) is 0 Å². The van der Waals surface area contributed by atoms with Crippen LogP contribution in [-0.2, 0) is 0 Å². The molecule has 0 atom stereocenters. The van der Waals surface area contributed by atoms with Crippen LogP contribution >= 0.6 is 15.9 Å². The minimum Gasteiger partial charge on any atom is -0.502 e. The van der Waals surface area contributed by atoms with E-state index >= 15 is 0 Å². The van der Waals surface area contributed by atoms with Gasteiger partial charge in [0.2, 0.25) is 0 Å². The summed E-state index contributed by atoms with van der Waals surface area (Å²) in [6, 6.07) is 7.27. The van der Waals surface area contributed by atoms with E-state index in [4.69, 9.17) is 0 Å². The monoisotopic (exact) mass is 361 g/mol. The molecule has 0 bridgehead atoms. The van der Waals surface area contributed by atoms with Gasteiger partial charge in [-0.05, 0) is 40.2 Å². The number of rotatable bonds is 2. The van der Waals surface area contributed by atoms with Crippen molar-refractivity contribution in [2.24, 2.45) is 0 Å². The number of pyridine rings is 2. The molecule has 0 spiro atoms. The standard InChI is InChI=1S/C14H8BrN3O4/c15-9-6-8-10(17-14(9)20)3-4-16-13(8)7-1-2-12(19)11(5-7)18(21)22/h1-6,19H,(H,17,20). The summed E-state index contributed by atoms with van der Waals surface area (Å²) in [5, 5.41) is 21.1. The van der Waals surface area contributed by atoms with Gasteiger partial charge in [0.05, 0.1) is 20.6 Å². The van der Waals surface area contributed by atoms with Crippen LogP contribution in [0.2, 0.25) is 0 Å². The van der Waals surface area contributed by atoms with Crippen molar-refractivity contribution in [3.63, 3.8) is 0 Å². The zero-order valence-corrected chi connectivity index (χ0v) is 12.5. The summed E-state index contributed by atoms with van der Waals surface area (Å²) in [6.45, 7) is 0. The molecule has 3 aromatic rings. The Morgan fingerprint density at radius 3 is 2.77 bits per heavy atom. The Hall–Kier alpha value is -2.74. The van der Waals surface area contributed by atoms with Crippen molar-refractivity contribution in [2.45, 2.75) is 0 Å². The van der Waals surface area contributed by atoms with Crippen molar-refractivity contribution in [2.75, 3.05) is 0 Å². The molecule has 0 radical (unpaired) electrons. The Balaban J connectivity index is 2.31. The maximum Gasteiger partial charge on any atom is 0.311 e. The number of nitro benzene ring substituents is 1. The highest BCUT2D eigenvalue weighted by Gasteiger charge is 2.16. The SMILES string of the molecule is O=c1[nH]c2ccnc(-c3ccc(O)c([N+](=O)[O-])c3)c2cc1Br. The largest absolute Gasteiger partial charge is 0.502 e. The lowest BCUT2D eigenvalue weighted by molar-refractivity contribution is -0.385. The second-order valence-corrected chi connectivity index (χ2v) is 5.38. The van der Waals surface area contributed by atoms with E-state index in [2.05, 4.69) is 25.9 Å². The summed E-state index contributed by atoms with van der Waals surface area (Å²) >= 11 is 3.15. The third kappa shape index (κ3) is 2.33. The topological polar surface area (TPSA) is 109 Å². The molecular formula is C14H8BrN3O4. The molecule has 0 fully saturated rings. The highest BCUT2D eigenvalue weighted by molar-refractivity contribution is 9.10. The van der Waals surface area contributed by atoms with Crippen LogP contribution in [0, 0.1) is 10.1 Å². The van der Waals surface area contributed by atoms with Crippen LogP contribution in [0.4, 0.5) is 5.69 Å². The van der Waals surface area contributed by atoms with E-state index in [-0.39, 0.29) is 5.56 Å². The maximum atomic E-state index is 11.6. The van der Waals surface area contributed by atoms with E-state index in [0.717, 1.165) is 0 Å². The van der Waals surface area contributed by atoms with Gasteiger partial charge in [0.25, 0.3) is 5.56 Å². The first kappa shape index (κ1) is 14.2. The molecule has 0 aliphatic carbocycles. The van der Waals surface area contributed by atoms with Crippen LogP contribution in [0.5, 0.6) is 5.75 Å². The molecule has 2 heterocycles. The predicted octanol–water partition coefficient (Wildman–Crippen LogP) is 2.97. The number of phenolic OH excluding ortho intramolecular Hbond substituents is 1. The quantitative estimate of drug-likeness (QED) is 0.538. The molecule has 0 saturated carbocycles. The first-order valence-corrected chi connectivity index (χ1v) is 6.92. The van der Waals surface area contributed by atoms with Gasteiger partial charge >= 0.3 is 5.69 Å². The van der Waals surface area contributed by atoms with Crippen molar-refractivity contribution < 1.29 is 10.0 Å². The van der Waals surface area contributed by atoms with Gasteiger partial charge < -0.3 is 10.1 Å². The summed E-state index contributed by atoms with van der Waals surface area (Å²) < 4.78 is 0.336. The lowest BCUT2D eigenvalue weighted by atomic mass is 10.1. The summed E-state index contributed by atoms with van der Waals surface area (Å²) in [7, 11) is 0. The van der Waals surface area contributed by atoms with E-state index in [0.29, 0.717) is 26.6 Å². The van der Waals surface area contributed by atoms with E-state index in [1.807, 2.05) is 0 Å². The maximum absolute atomic E-state index is 11.6. The number of aromatic hydroxyl groups is 1. The average Bonchev–Trinajstić information content (AvgIpc) is 2.48. The first-order chi connectivity index (χ1) is 10.5. The molecule has 7 nitrogen and oxygen atoms in total. The van der Waals surface area contributed by atoms with E-state index in [9.17, 15) is 20.0 Å². The number of nitro groups is 1. The Kier molecular flexibility index (Phi) is 3.38. The molecule has 110 valence electrons. The summed E-state index contributed by atoms with van der Waals surface area (Å²) in [5.74, 6) is -0.413. The summed E-state index contributed by atoms with van der Waals surface area (Å²) in [4.78, 5) is 28.8. The minimum absolute atomic E-state index is 0.277. The minimum atomic E-state index is -0.665. The molecular weight excluding hydrogens is 354 g/mol. The van der Waals surface area contributed by atoms with Crippen LogP contribution < -0.4 is 5.56 Å². The van der Waals surface area contributed by atoms with Gasteiger partial charge in [-0.2, -0.15) is 0 Å². The molecule has 0 amide bonds. The lowest BCUT2D eigenvalue weighted by Crippen LogP contribution is -2.06. The molecule has 2 N–H and O–H groups in total. The van der Waals surface area contributed by atoms with E-state index in [1.54, 1.807) is 12.1 Å². The molecule has 2 aromatic heterocycles. The van der Waals surface area contributed by atoms with Gasteiger partial charge in [-0.3, -0.25) is 19.9 Å². The Morgan fingerprint density at radius 1 is 1.27 bits per heavy atom. The fourth-order valence-electron chi connectivity index (χ4n) is 2.15. The Bertz CT molecular complexity index is 968. The zero-order chi connectivity index (χ0) is 15.9. The number of fused-ring (bicyclic) bond motifs is 1. The lowest BCUT2D eigenvalue weighted by Gasteiger charge is -2.06. The van der Waals surface area contributed by atoms with Crippen LogP contribution in [0.25, 0.3) is 22.2 Å². The second kappa shape index (κ2) is 5.23. The molecule has 0 aliphatic heterocycles. The molecule has 3 rings (SSSR count). The van der Waals surface area contributed by atoms with Crippen molar-refractivity contribution in [3.05, 3.63) is 61.5 Å². The third-order valence-electron chi connectivity index (χ3n) is 3.17. The number of hydrogen-bond donors (Lipinski definition) is 2. The van der Waals surface area contributed by atoms with Gasteiger partial charge in [0, 0.05) is 23.2 Å². The normalized spacial score (nSPS) is 10.8. The van der Waals surface area contributed by atoms with E-state index in [1.165, 1.54) is 24.4 Å². The molecule has 0 aliphatic rings. The van der Waals surface area contributed by atoms with Crippen molar-refractivity contribution >= 4 is 32.5 Å². The number of aromatic amines is 1. The van der Waals surface area contributed by atoms with Crippen LogP contribution in [-0.4, -0.2) is 20.0 Å². The number of hydrogen-bond acceptors (Lipinski definition) is 5. The third-order valence-corrected chi connectivity index (χ3v) is 3.76. The average molecular weight is 362 g/mol. The Labute approximate surface area is 131 Å². The number of phenols is 1. The molecule has 0 saturated heterocycles. The molecule has 8 heteroatoms. The smallest absolute Gasteiger partial charge is 0.311 e. The van der Waals surface area contributed by atoms with E-state index < -0.39 is 16.4 Å². The number of nitrogens with zero attached hydrogens (tertiary/aromatic N) is 2. The number of aromatic nitrogens is 2. The highest BCUT2D eigenvalue weighted by atomic mass is 79.9. The van der Waals surface area contributed by atoms with Crippen molar-refractivity contribution in [3.8, 4) is 17.0 Å². The van der Waals surface area contributed by atoms with Crippen LogP contribution in [0.1, 0.15) is 0 Å². The number of H-pyrrole nitrogens is 1. The molecule has 0 unspecified atom stereocenters. The van der Waals surface area contributed by atoms with Gasteiger partial charge in [-0.15, -0.1) is 0 Å². The number of halogens is 1. The fourth-order valence-corrected chi connectivity index (χ4v) is 2.48. The van der Waals surface area contributed by atoms with Gasteiger partial charge in [0.15, 0.2) is 5.75 Å². The van der Waals surface area contributed by atoms with Crippen molar-refractivity contribution in [1.82, 2.24) is 9.97 Å². The Morgan fingerprint density at radius 2 is 2.05 bits per heavy atom. The number of nitrogens with one attached hydrogen (secondary N) is 1. The summed E-state index contributed by atoms with van der Waals surface area (Å²) in [5.41, 5.74) is 0.821. The van der Waals surface area contributed by atoms with Crippen LogP contribution in [0.15, 0.2) is 45.8 Å². The molecule has 1 aromatic carbocycles. The second-order valence-electron chi connectivity index (χ2n) is 4.53. The fraction of sp³-hybridized carbons (Fsp3) is 0. The van der Waals surface area contributed by atoms with Crippen molar-refractivity contribution in [1.29, 1.82) is 0 Å². The van der Waals surface area contributed by atoms with Crippen LogP contribution in [0.3, 0.4) is 0 Å².